The molecular formula is C11H8ClF2NO2S. The van der Waals surface area contributed by atoms with E-state index < -0.39 is 17.4 Å². The van der Waals surface area contributed by atoms with Gasteiger partial charge in [-0.15, -0.1) is 0 Å². The quantitative estimate of drug-likeness (QED) is 0.624. The number of ether oxygens (including phenoxy) is 2. The topological polar surface area (TPSA) is 31.4 Å². The number of hydrogen-bond acceptors (Lipinski definition) is 4. The summed E-state index contributed by atoms with van der Waals surface area (Å²) in [6.07, 6.45) is 1.59. The van der Waals surface area contributed by atoms with Crippen LogP contribution in [0.1, 0.15) is 0 Å². The van der Waals surface area contributed by atoms with Crippen molar-refractivity contribution in [3.63, 3.8) is 0 Å². The van der Waals surface area contributed by atoms with Crippen LogP contribution >= 0.6 is 22.9 Å². The molecule has 1 heterocycles. The molecule has 96 valence electrons. The minimum Gasteiger partial charge on any atom is -0.484 e. The minimum atomic E-state index is -0.911. The molecule has 1 aromatic carbocycles. The summed E-state index contributed by atoms with van der Waals surface area (Å²) in [4.78, 5) is 3.88. The molecule has 0 saturated carbocycles. The number of nitrogens with zero attached hydrogens (tertiary/aromatic N) is 1. The van der Waals surface area contributed by atoms with Gasteiger partial charge in [0, 0.05) is 11.6 Å². The molecule has 3 nitrogen and oxygen atoms in total. The maximum Gasteiger partial charge on any atom is 0.273 e. The van der Waals surface area contributed by atoms with Gasteiger partial charge in [0.05, 0.1) is 5.02 Å². The van der Waals surface area contributed by atoms with Crippen molar-refractivity contribution in [1.82, 2.24) is 4.98 Å². The number of benzene rings is 1. The highest BCUT2D eigenvalue weighted by Gasteiger charge is 2.13. The van der Waals surface area contributed by atoms with E-state index in [1.54, 1.807) is 11.6 Å². The van der Waals surface area contributed by atoms with Gasteiger partial charge in [0.1, 0.15) is 13.2 Å². The van der Waals surface area contributed by atoms with Crippen LogP contribution < -0.4 is 9.47 Å². The zero-order chi connectivity index (χ0) is 13.0. The van der Waals surface area contributed by atoms with E-state index in [0.29, 0.717) is 5.19 Å². The Hall–Kier alpha value is -1.40. The lowest BCUT2D eigenvalue weighted by molar-refractivity contribution is 0.204. The van der Waals surface area contributed by atoms with E-state index >= 15 is 0 Å². The predicted molar refractivity (Wildman–Crippen MR) is 64.5 cm³/mol. The highest BCUT2D eigenvalue weighted by molar-refractivity contribution is 7.11. The number of aromatic nitrogens is 1. The van der Waals surface area contributed by atoms with Crippen molar-refractivity contribution < 1.29 is 18.3 Å². The second kappa shape index (κ2) is 5.97. The van der Waals surface area contributed by atoms with Gasteiger partial charge in [-0.1, -0.05) is 22.9 Å². The Balaban J connectivity index is 1.88. The molecule has 18 heavy (non-hydrogen) atoms. The normalized spacial score (nSPS) is 10.4. The molecule has 0 aliphatic heterocycles. The SMILES string of the molecule is Fc1ccc(Cl)c(F)c1OCCOc1nccs1. The Labute approximate surface area is 111 Å². The van der Waals surface area contributed by atoms with Gasteiger partial charge in [0.15, 0.2) is 17.4 Å². The van der Waals surface area contributed by atoms with Crippen molar-refractivity contribution in [3.05, 3.63) is 40.4 Å². The molecule has 0 aliphatic rings. The Kier molecular flexibility index (Phi) is 4.33. The van der Waals surface area contributed by atoms with Gasteiger partial charge in [0.2, 0.25) is 0 Å². The zero-order valence-corrected chi connectivity index (χ0v) is 10.6. The monoisotopic (exact) mass is 291 g/mol. The Morgan fingerprint density at radius 2 is 2.00 bits per heavy atom. The van der Waals surface area contributed by atoms with Gasteiger partial charge >= 0.3 is 0 Å². The maximum atomic E-state index is 13.4. The van der Waals surface area contributed by atoms with Crippen molar-refractivity contribution in [2.24, 2.45) is 0 Å². The van der Waals surface area contributed by atoms with E-state index in [-0.39, 0.29) is 18.2 Å². The van der Waals surface area contributed by atoms with Crippen LogP contribution in [-0.4, -0.2) is 18.2 Å². The fraction of sp³-hybridized carbons (Fsp3) is 0.182. The van der Waals surface area contributed by atoms with Crippen LogP contribution in [0.5, 0.6) is 10.9 Å². The van der Waals surface area contributed by atoms with E-state index in [9.17, 15) is 8.78 Å². The van der Waals surface area contributed by atoms with Gasteiger partial charge in [-0.25, -0.2) is 13.8 Å². The van der Waals surface area contributed by atoms with Gasteiger partial charge in [-0.05, 0) is 12.1 Å². The molecule has 7 heteroatoms. The number of rotatable bonds is 5. The standard InChI is InChI=1S/C11H8ClF2NO2S/c12-7-1-2-8(13)10(9(7)14)16-4-5-17-11-15-3-6-18-11/h1-3,6H,4-5H2. The van der Waals surface area contributed by atoms with Crippen LogP contribution in [-0.2, 0) is 0 Å². The predicted octanol–water partition coefficient (Wildman–Crippen LogP) is 3.53. The fourth-order valence-corrected chi connectivity index (χ4v) is 1.86. The lowest BCUT2D eigenvalue weighted by Gasteiger charge is -2.09. The van der Waals surface area contributed by atoms with Gasteiger partial charge in [0.25, 0.3) is 5.19 Å². The number of hydrogen-bond donors (Lipinski definition) is 0. The highest BCUT2D eigenvalue weighted by Crippen LogP contribution is 2.27. The molecule has 0 bridgehead atoms. The van der Waals surface area contributed by atoms with E-state index in [2.05, 4.69) is 4.98 Å². The van der Waals surface area contributed by atoms with E-state index in [1.807, 2.05) is 0 Å². The van der Waals surface area contributed by atoms with Gasteiger partial charge < -0.3 is 9.47 Å². The molecule has 2 rings (SSSR count). The summed E-state index contributed by atoms with van der Waals surface area (Å²) in [5.74, 6) is -2.21. The van der Waals surface area contributed by atoms with Crippen molar-refractivity contribution in [2.75, 3.05) is 13.2 Å². The van der Waals surface area contributed by atoms with Crippen LogP contribution in [0.25, 0.3) is 0 Å². The molecule has 0 spiro atoms. The molecular weight excluding hydrogens is 284 g/mol. The second-order valence-electron chi connectivity index (χ2n) is 3.17. The van der Waals surface area contributed by atoms with E-state index in [0.717, 1.165) is 12.1 Å². The van der Waals surface area contributed by atoms with Crippen molar-refractivity contribution in [2.45, 2.75) is 0 Å². The van der Waals surface area contributed by atoms with Crippen molar-refractivity contribution in [1.29, 1.82) is 0 Å². The molecule has 0 N–H and O–H groups in total. The molecule has 0 atom stereocenters. The Morgan fingerprint density at radius 1 is 1.22 bits per heavy atom. The van der Waals surface area contributed by atoms with Crippen molar-refractivity contribution >= 4 is 22.9 Å². The summed E-state index contributed by atoms with van der Waals surface area (Å²) < 4.78 is 36.8. The van der Waals surface area contributed by atoms with Crippen molar-refractivity contribution in [3.8, 4) is 10.9 Å². The lowest BCUT2D eigenvalue weighted by Crippen LogP contribution is -2.10. The second-order valence-corrected chi connectivity index (χ2v) is 4.43. The number of thiazole rings is 1. The highest BCUT2D eigenvalue weighted by atomic mass is 35.5. The summed E-state index contributed by atoms with van der Waals surface area (Å²) in [6.45, 7) is 0.132. The molecule has 1 aromatic heterocycles. The summed E-state index contributed by atoms with van der Waals surface area (Å²) in [7, 11) is 0. The number of halogens is 3. The average molecular weight is 292 g/mol. The average Bonchev–Trinajstić information content (AvgIpc) is 2.86. The first kappa shape index (κ1) is 13.0. The third kappa shape index (κ3) is 3.08. The third-order valence-corrected chi connectivity index (χ3v) is 2.94. The molecule has 2 aromatic rings. The van der Waals surface area contributed by atoms with E-state index in [4.69, 9.17) is 21.1 Å². The van der Waals surface area contributed by atoms with Crippen LogP contribution in [0.2, 0.25) is 5.02 Å². The summed E-state index contributed by atoms with van der Waals surface area (Å²) in [5.41, 5.74) is 0. The first-order chi connectivity index (χ1) is 8.68. The van der Waals surface area contributed by atoms with Crippen LogP contribution in [0, 0.1) is 11.6 Å². The summed E-state index contributed by atoms with van der Waals surface area (Å²) in [6, 6.07) is 2.17. The van der Waals surface area contributed by atoms with Crippen LogP contribution in [0.3, 0.4) is 0 Å². The first-order valence-corrected chi connectivity index (χ1v) is 6.23. The van der Waals surface area contributed by atoms with E-state index in [1.165, 1.54) is 11.3 Å². The fourth-order valence-electron chi connectivity index (χ4n) is 1.20. The molecule has 0 aliphatic carbocycles. The molecule has 0 amide bonds. The Morgan fingerprint density at radius 3 is 2.72 bits per heavy atom. The maximum absolute atomic E-state index is 13.4. The summed E-state index contributed by atoms with van der Waals surface area (Å²) >= 11 is 6.84. The minimum absolute atomic E-state index is 0.00619. The zero-order valence-electron chi connectivity index (χ0n) is 9.03. The third-order valence-electron chi connectivity index (χ3n) is 1.97. The van der Waals surface area contributed by atoms with Crippen LogP contribution in [0.15, 0.2) is 23.7 Å². The largest absolute Gasteiger partial charge is 0.484 e. The first-order valence-electron chi connectivity index (χ1n) is 4.97. The molecule has 0 fully saturated rings. The van der Waals surface area contributed by atoms with Gasteiger partial charge in [-0.3, -0.25) is 0 Å². The lowest BCUT2D eigenvalue weighted by atomic mass is 10.3. The molecule has 0 unspecified atom stereocenters. The Bertz CT molecular complexity index is 522. The smallest absolute Gasteiger partial charge is 0.273 e. The summed E-state index contributed by atoms with van der Waals surface area (Å²) in [5, 5.41) is 2.05. The van der Waals surface area contributed by atoms with Crippen LogP contribution in [0.4, 0.5) is 8.78 Å². The molecule has 0 saturated heterocycles. The van der Waals surface area contributed by atoms with Gasteiger partial charge in [-0.2, -0.15) is 0 Å². The molecule has 0 radical (unpaired) electrons.